The van der Waals surface area contributed by atoms with E-state index in [1.807, 2.05) is 0 Å². The number of ether oxygens (including phenoxy) is 1. The van der Waals surface area contributed by atoms with Crippen LogP contribution in [0.4, 0.5) is 10.5 Å². The molecule has 0 bridgehead atoms. The summed E-state index contributed by atoms with van der Waals surface area (Å²) in [5, 5.41) is 3.79. The molecule has 1 aromatic heterocycles. The number of aromatic nitrogens is 1. The van der Waals surface area contributed by atoms with Crippen molar-refractivity contribution < 1.29 is 23.6 Å². The number of nitrogens with zero attached hydrogens (tertiary/aromatic N) is 3. The molecule has 1 saturated heterocycles. The molecule has 2 heterocycles. The molecule has 0 N–H and O–H groups in total. The van der Waals surface area contributed by atoms with Gasteiger partial charge in [0.15, 0.2) is 0 Å². The number of imide groups is 2. The number of hydrogen-bond acceptors (Lipinski definition) is 6. The van der Waals surface area contributed by atoms with Crippen LogP contribution in [-0.2, 0) is 16.1 Å². The summed E-state index contributed by atoms with van der Waals surface area (Å²) in [6, 6.07) is 5.60. The number of hydrogen-bond donors (Lipinski definition) is 0. The zero-order valence-corrected chi connectivity index (χ0v) is 13.4. The lowest BCUT2D eigenvalue weighted by atomic mass is 10.2. The Balaban J connectivity index is 1.90. The molecule has 2 aromatic rings. The molecule has 24 heavy (non-hydrogen) atoms. The van der Waals surface area contributed by atoms with Crippen LogP contribution in [0.3, 0.4) is 0 Å². The summed E-state index contributed by atoms with van der Waals surface area (Å²) in [7, 11) is 1.51. The van der Waals surface area contributed by atoms with Gasteiger partial charge in [-0.3, -0.25) is 14.5 Å². The topological polar surface area (TPSA) is 92.9 Å². The fourth-order valence-corrected chi connectivity index (χ4v) is 2.49. The lowest BCUT2D eigenvalue weighted by Crippen LogP contribution is -2.33. The molecule has 1 aliphatic heterocycles. The Morgan fingerprint density at radius 3 is 2.29 bits per heavy atom. The van der Waals surface area contributed by atoms with Crippen LogP contribution in [0.5, 0.6) is 5.75 Å². The summed E-state index contributed by atoms with van der Waals surface area (Å²) < 4.78 is 10.1. The quantitative estimate of drug-likeness (QED) is 0.627. The standard InChI is InChI=1S/C16H15N3O5/c1-9-13(10(2)24-17-9)8-18-14(20)15(21)19(16(18)22)11-4-6-12(23-3)7-5-11/h4-7H,8H2,1-3H3. The highest BCUT2D eigenvalue weighted by molar-refractivity contribution is 6.52. The minimum Gasteiger partial charge on any atom is -0.497 e. The van der Waals surface area contributed by atoms with E-state index < -0.39 is 17.8 Å². The number of methoxy groups -OCH3 is 1. The summed E-state index contributed by atoms with van der Waals surface area (Å²) in [4.78, 5) is 38.7. The van der Waals surface area contributed by atoms with Crippen molar-refractivity contribution in [2.45, 2.75) is 20.4 Å². The first-order chi connectivity index (χ1) is 11.4. The van der Waals surface area contributed by atoms with E-state index in [0.29, 0.717) is 28.5 Å². The average Bonchev–Trinajstić information content (AvgIpc) is 3.00. The second-order valence-electron chi connectivity index (χ2n) is 5.32. The van der Waals surface area contributed by atoms with Crippen LogP contribution in [0.1, 0.15) is 17.0 Å². The summed E-state index contributed by atoms with van der Waals surface area (Å²) in [5.74, 6) is -0.687. The van der Waals surface area contributed by atoms with Crippen molar-refractivity contribution >= 4 is 23.5 Å². The maximum Gasteiger partial charge on any atom is 0.339 e. The number of anilines is 1. The molecule has 8 heteroatoms. The van der Waals surface area contributed by atoms with Crippen LogP contribution < -0.4 is 9.64 Å². The number of carbonyl (C=O) groups excluding carboxylic acids is 3. The number of amides is 4. The Morgan fingerprint density at radius 2 is 1.75 bits per heavy atom. The molecule has 4 amide bonds. The molecule has 0 spiro atoms. The van der Waals surface area contributed by atoms with E-state index in [1.54, 1.807) is 38.1 Å². The predicted molar refractivity (Wildman–Crippen MR) is 82.4 cm³/mol. The van der Waals surface area contributed by atoms with Gasteiger partial charge < -0.3 is 9.26 Å². The third-order valence-corrected chi connectivity index (χ3v) is 3.88. The molecule has 0 radical (unpaired) electrons. The Labute approximate surface area is 137 Å². The first kappa shape index (κ1) is 15.7. The van der Waals surface area contributed by atoms with Gasteiger partial charge in [-0.05, 0) is 38.1 Å². The van der Waals surface area contributed by atoms with Crippen molar-refractivity contribution in [3.63, 3.8) is 0 Å². The highest BCUT2D eigenvalue weighted by atomic mass is 16.5. The molecule has 8 nitrogen and oxygen atoms in total. The first-order valence-corrected chi connectivity index (χ1v) is 7.19. The summed E-state index contributed by atoms with van der Waals surface area (Å²) in [5.41, 5.74) is 1.49. The molecule has 0 unspecified atom stereocenters. The molecular formula is C16H15N3O5. The molecule has 0 atom stereocenters. The Morgan fingerprint density at radius 1 is 1.08 bits per heavy atom. The van der Waals surface area contributed by atoms with Crippen molar-refractivity contribution in [2.75, 3.05) is 12.0 Å². The Bertz CT molecular complexity index is 805. The fourth-order valence-electron chi connectivity index (χ4n) is 2.49. The summed E-state index contributed by atoms with van der Waals surface area (Å²) in [6.45, 7) is 3.33. The SMILES string of the molecule is COc1ccc(N2C(=O)C(=O)N(Cc3c(C)noc3C)C2=O)cc1. The normalized spacial score (nSPS) is 14.7. The molecule has 1 fully saturated rings. The number of carbonyl (C=O) groups is 3. The third-order valence-electron chi connectivity index (χ3n) is 3.88. The zero-order valence-electron chi connectivity index (χ0n) is 13.4. The molecule has 0 aliphatic carbocycles. The maximum absolute atomic E-state index is 12.6. The second kappa shape index (κ2) is 5.80. The van der Waals surface area contributed by atoms with E-state index in [4.69, 9.17) is 9.26 Å². The van der Waals surface area contributed by atoms with E-state index >= 15 is 0 Å². The summed E-state index contributed by atoms with van der Waals surface area (Å²) >= 11 is 0. The first-order valence-electron chi connectivity index (χ1n) is 7.19. The highest BCUT2D eigenvalue weighted by Crippen LogP contribution is 2.26. The smallest absolute Gasteiger partial charge is 0.339 e. The van der Waals surface area contributed by atoms with Crippen molar-refractivity contribution in [1.82, 2.24) is 10.1 Å². The van der Waals surface area contributed by atoms with Gasteiger partial charge in [-0.2, -0.15) is 0 Å². The third kappa shape index (κ3) is 2.41. The van der Waals surface area contributed by atoms with E-state index in [2.05, 4.69) is 5.16 Å². The largest absolute Gasteiger partial charge is 0.497 e. The number of urea groups is 1. The van der Waals surface area contributed by atoms with Crippen LogP contribution in [0.25, 0.3) is 0 Å². The van der Waals surface area contributed by atoms with E-state index in [9.17, 15) is 14.4 Å². The molecule has 3 rings (SSSR count). The molecule has 1 aliphatic rings. The molecule has 0 saturated carbocycles. The van der Waals surface area contributed by atoms with Crippen molar-refractivity contribution in [1.29, 1.82) is 0 Å². The van der Waals surface area contributed by atoms with Gasteiger partial charge in [0.05, 0.1) is 25.0 Å². The van der Waals surface area contributed by atoms with Crippen LogP contribution >= 0.6 is 0 Å². The lowest BCUT2D eigenvalue weighted by molar-refractivity contribution is -0.139. The zero-order chi connectivity index (χ0) is 17.4. The molecule has 1 aromatic carbocycles. The Kier molecular flexibility index (Phi) is 3.80. The van der Waals surface area contributed by atoms with Gasteiger partial charge in [-0.1, -0.05) is 5.16 Å². The number of rotatable bonds is 4. The van der Waals surface area contributed by atoms with Gasteiger partial charge >= 0.3 is 17.8 Å². The van der Waals surface area contributed by atoms with Gasteiger partial charge in [-0.15, -0.1) is 0 Å². The maximum atomic E-state index is 12.6. The van der Waals surface area contributed by atoms with Crippen LogP contribution in [-0.4, -0.2) is 35.0 Å². The average molecular weight is 329 g/mol. The minimum atomic E-state index is -0.892. The van der Waals surface area contributed by atoms with E-state index in [1.165, 1.54) is 7.11 Å². The van der Waals surface area contributed by atoms with Gasteiger partial charge in [0.2, 0.25) is 0 Å². The lowest BCUT2D eigenvalue weighted by Gasteiger charge is -2.15. The minimum absolute atomic E-state index is 0.0583. The molecular weight excluding hydrogens is 314 g/mol. The monoisotopic (exact) mass is 329 g/mol. The van der Waals surface area contributed by atoms with Crippen molar-refractivity contribution in [3.8, 4) is 5.75 Å². The van der Waals surface area contributed by atoms with Gasteiger partial charge in [-0.25, -0.2) is 9.69 Å². The van der Waals surface area contributed by atoms with Crippen LogP contribution in [0, 0.1) is 13.8 Å². The van der Waals surface area contributed by atoms with Crippen LogP contribution in [0.2, 0.25) is 0 Å². The summed E-state index contributed by atoms with van der Waals surface area (Å²) in [6.07, 6.45) is 0. The number of benzene rings is 1. The van der Waals surface area contributed by atoms with E-state index in [-0.39, 0.29) is 6.54 Å². The predicted octanol–water partition coefficient (Wildman–Crippen LogP) is 1.80. The van der Waals surface area contributed by atoms with Crippen molar-refractivity contribution in [2.24, 2.45) is 0 Å². The number of aryl methyl sites for hydroxylation is 2. The van der Waals surface area contributed by atoms with Gasteiger partial charge in [0, 0.05) is 5.56 Å². The highest BCUT2D eigenvalue weighted by Gasteiger charge is 2.45. The van der Waals surface area contributed by atoms with Crippen molar-refractivity contribution in [3.05, 3.63) is 41.3 Å². The molecule has 124 valence electrons. The fraction of sp³-hybridized carbons (Fsp3) is 0.250. The van der Waals surface area contributed by atoms with Crippen LogP contribution in [0.15, 0.2) is 28.8 Å². The van der Waals surface area contributed by atoms with Gasteiger partial charge in [0.25, 0.3) is 0 Å². The Hall–Kier alpha value is -3.16. The van der Waals surface area contributed by atoms with Gasteiger partial charge in [0.1, 0.15) is 11.5 Å². The van der Waals surface area contributed by atoms with E-state index in [0.717, 1.165) is 9.80 Å². The second-order valence-corrected chi connectivity index (χ2v) is 5.32.